The highest BCUT2D eigenvalue weighted by atomic mass is 127. The van der Waals surface area contributed by atoms with Gasteiger partial charge in [0.2, 0.25) is 0 Å². The quantitative estimate of drug-likeness (QED) is 0.301. The van der Waals surface area contributed by atoms with Gasteiger partial charge in [0.05, 0.1) is 0 Å². The third kappa shape index (κ3) is 7.26. The zero-order valence-electron chi connectivity index (χ0n) is 18.6. The highest BCUT2D eigenvalue weighted by Gasteiger charge is 2.35. The molecule has 31 heavy (non-hydrogen) atoms. The minimum Gasteiger partial charge on any atom is -0.484 e. The Labute approximate surface area is 203 Å². The van der Waals surface area contributed by atoms with Crippen molar-refractivity contribution < 1.29 is 9.53 Å². The molecule has 2 saturated carbocycles. The predicted octanol–water partition coefficient (Wildman–Crippen LogP) is 3.59. The number of nitrogens with one attached hydrogen (secondary N) is 2. The second kappa shape index (κ2) is 11.9. The molecule has 0 radical (unpaired) electrons. The third-order valence-corrected chi connectivity index (χ3v) is 6.51. The lowest BCUT2D eigenvalue weighted by atomic mass is 9.82. The second-order valence-electron chi connectivity index (χ2n) is 8.97. The fraction of sp³-hybridized carbons (Fsp3) is 0.667. The van der Waals surface area contributed by atoms with Gasteiger partial charge in [-0.1, -0.05) is 25.0 Å². The van der Waals surface area contributed by atoms with E-state index < -0.39 is 0 Å². The SMILES string of the molecule is CCNC(=NCCc1ccc(OCC(=O)NC2CC2)cc1)N1CC2CCCCC2C1.I. The van der Waals surface area contributed by atoms with Crippen molar-refractivity contribution >= 4 is 35.8 Å². The van der Waals surface area contributed by atoms with Crippen LogP contribution in [-0.2, 0) is 11.2 Å². The van der Waals surface area contributed by atoms with E-state index in [1.807, 2.05) is 12.1 Å². The lowest BCUT2D eigenvalue weighted by Crippen LogP contribution is -2.40. The van der Waals surface area contributed by atoms with Gasteiger partial charge in [-0.25, -0.2) is 0 Å². The van der Waals surface area contributed by atoms with Gasteiger partial charge in [0.1, 0.15) is 5.75 Å². The number of ether oxygens (including phenoxy) is 1. The number of benzene rings is 1. The van der Waals surface area contributed by atoms with Crippen LogP contribution < -0.4 is 15.4 Å². The summed E-state index contributed by atoms with van der Waals surface area (Å²) < 4.78 is 5.58. The minimum absolute atomic E-state index is 0. The predicted molar refractivity (Wildman–Crippen MR) is 135 cm³/mol. The number of fused-ring (bicyclic) bond motifs is 1. The first-order valence-electron chi connectivity index (χ1n) is 11.8. The van der Waals surface area contributed by atoms with E-state index in [2.05, 4.69) is 34.6 Å². The van der Waals surface area contributed by atoms with E-state index in [1.165, 1.54) is 31.2 Å². The third-order valence-electron chi connectivity index (χ3n) is 6.51. The molecule has 2 aliphatic carbocycles. The standard InChI is InChI=1S/C24H36N4O2.HI/c1-2-25-24(28-15-19-5-3-4-6-20(19)16-28)26-14-13-18-7-11-22(12-8-18)30-17-23(29)27-21-9-10-21;/h7-8,11-12,19-21H,2-6,9-10,13-17H2,1H3,(H,25,26)(H,27,29);1H. The number of carbonyl (C=O) groups is 1. The van der Waals surface area contributed by atoms with Crippen LogP contribution in [0.2, 0.25) is 0 Å². The van der Waals surface area contributed by atoms with Crippen LogP contribution in [0.4, 0.5) is 0 Å². The first-order chi connectivity index (χ1) is 14.7. The molecule has 4 rings (SSSR count). The Balaban J connectivity index is 0.00000272. The molecule has 1 aromatic carbocycles. The molecule has 1 saturated heterocycles. The van der Waals surface area contributed by atoms with Crippen LogP contribution in [0.1, 0.15) is 51.0 Å². The number of guanidine groups is 1. The van der Waals surface area contributed by atoms with Crippen molar-refractivity contribution in [3.63, 3.8) is 0 Å². The zero-order valence-corrected chi connectivity index (χ0v) is 21.0. The van der Waals surface area contributed by atoms with Crippen molar-refractivity contribution in [2.24, 2.45) is 16.8 Å². The van der Waals surface area contributed by atoms with Crippen molar-refractivity contribution in [1.82, 2.24) is 15.5 Å². The van der Waals surface area contributed by atoms with E-state index in [4.69, 9.17) is 9.73 Å². The molecule has 3 fully saturated rings. The lowest BCUT2D eigenvalue weighted by Gasteiger charge is -2.22. The molecule has 2 N–H and O–H groups in total. The number of halogens is 1. The monoisotopic (exact) mass is 540 g/mol. The molecule has 172 valence electrons. The van der Waals surface area contributed by atoms with Gasteiger partial charge < -0.3 is 20.3 Å². The Hall–Kier alpha value is -1.51. The van der Waals surface area contributed by atoms with Crippen molar-refractivity contribution in [2.45, 2.75) is 57.9 Å². The molecule has 3 aliphatic rings. The average molecular weight is 540 g/mol. The van der Waals surface area contributed by atoms with E-state index in [9.17, 15) is 4.79 Å². The molecule has 6 nitrogen and oxygen atoms in total. The van der Waals surface area contributed by atoms with Gasteiger partial charge in [-0.05, 0) is 68.6 Å². The molecule has 1 amide bonds. The summed E-state index contributed by atoms with van der Waals surface area (Å²) in [6.45, 7) is 6.24. The second-order valence-corrected chi connectivity index (χ2v) is 8.97. The van der Waals surface area contributed by atoms with Crippen molar-refractivity contribution in [3.05, 3.63) is 29.8 Å². The Bertz CT molecular complexity index is 722. The maximum absolute atomic E-state index is 11.7. The molecule has 7 heteroatoms. The smallest absolute Gasteiger partial charge is 0.258 e. The van der Waals surface area contributed by atoms with Gasteiger partial charge in [-0.3, -0.25) is 9.79 Å². The summed E-state index contributed by atoms with van der Waals surface area (Å²) in [5, 5.41) is 6.43. The molecule has 0 bridgehead atoms. The maximum Gasteiger partial charge on any atom is 0.258 e. The first-order valence-corrected chi connectivity index (χ1v) is 11.8. The van der Waals surface area contributed by atoms with Gasteiger partial charge in [0.15, 0.2) is 12.6 Å². The number of hydrogen-bond donors (Lipinski definition) is 2. The summed E-state index contributed by atoms with van der Waals surface area (Å²) >= 11 is 0. The number of carbonyl (C=O) groups excluding carboxylic acids is 1. The topological polar surface area (TPSA) is 66.0 Å². The van der Waals surface area contributed by atoms with E-state index in [0.717, 1.165) is 69.0 Å². The first kappa shape index (κ1) is 24.1. The number of hydrogen-bond acceptors (Lipinski definition) is 3. The van der Waals surface area contributed by atoms with Crippen molar-refractivity contribution in [2.75, 3.05) is 32.8 Å². The Morgan fingerprint density at radius 1 is 1.10 bits per heavy atom. The van der Waals surface area contributed by atoms with Crippen LogP contribution in [0.15, 0.2) is 29.3 Å². The molecule has 1 aliphatic heterocycles. The van der Waals surface area contributed by atoms with Gasteiger partial charge >= 0.3 is 0 Å². The van der Waals surface area contributed by atoms with Crippen molar-refractivity contribution in [3.8, 4) is 5.75 Å². The van der Waals surface area contributed by atoms with E-state index >= 15 is 0 Å². The summed E-state index contributed by atoms with van der Waals surface area (Å²) in [6, 6.07) is 8.41. The summed E-state index contributed by atoms with van der Waals surface area (Å²) in [6.07, 6.45) is 8.66. The molecular formula is C24H37IN4O2. The number of rotatable bonds is 8. The molecule has 0 spiro atoms. The summed E-state index contributed by atoms with van der Waals surface area (Å²) in [4.78, 5) is 19.1. The van der Waals surface area contributed by atoms with E-state index in [0.29, 0.717) is 6.04 Å². The molecule has 2 unspecified atom stereocenters. The molecule has 0 aromatic heterocycles. The van der Waals surface area contributed by atoms with Crippen LogP contribution in [0.3, 0.4) is 0 Å². The molecule has 1 aromatic rings. The van der Waals surface area contributed by atoms with Gasteiger partial charge in [0.25, 0.3) is 5.91 Å². The van der Waals surface area contributed by atoms with Crippen LogP contribution in [0, 0.1) is 11.8 Å². The number of nitrogens with zero attached hydrogens (tertiary/aromatic N) is 2. The summed E-state index contributed by atoms with van der Waals surface area (Å²) in [7, 11) is 0. The number of amides is 1. The summed E-state index contributed by atoms with van der Waals surface area (Å²) in [5.74, 6) is 3.51. The van der Waals surface area contributed by atoms with E-state index in [-0.39, 0.29) is 36.5 Å². The highest BCUT2D eigenvalue weighted by molar-refractivity contribution is 14.0. The Morgan fingerprint density at radius 3 is 2.39 bits per heavy atom. The van der Waals surface area contributed by atoms with Gasteiger partial charge in [-0.15, -0.1) is 24.0 Å². The molecule has 2 atom stereocenters. The molecular weight excluding hydrogens is 503 g/mol. The normalized spacial score (nSPS) is 23.0. The fourth-order valence-electron chi connectivity index (χ4n) is 4.69. The highest BCUT2D eigenvalue weighted by Crippen LogP contribution is 2.35. The average Bonchev–Trinajstić information content (AvgIpc) is 3.46. The largest absolute Gasteiger partial charge is 0.484 e. The maximum atomic E-state index is 11.7. The van der Waals surface area contributed by atoms with Crippen LogP contribution >= 0.6 is 24.0 Å². The van der Waals surface area contributed by atoms with Crippen LogP contribution in [-0.4, -0.2) is 55.6 Å². The number of likely N-dealkylation sites (tertiary alicyclic amines) is 1. The Morgan fingerprint density at radius 2 is 1.77 bits per heavy atom. The zero-order chi connectivity index (χ0) is 20.8. The van der Waals surface area contributed by atoms with Crippen molar-refractivity contribution in [1.29, 1.82) is 0 Å². The van der Waals surface area contributed by atoms with Gasteiger partial charge in [-0.2, -0.15) is 0 Å². The fourth-order valence-corrected chi connectivity index (χ4v) is 4.69. The van der Waals surface area contributed by atoms with Crippen LogP contribution in [0.5, 0.6) is 5.75 Å². The summed E-state index contributed by atoms with van der Waals surface area (Å²) in [5.41, 5.74) is 1.24. The van der Waals surface area contributed by atoms with Crippen LogP contribution in [0.25, 0.3) is 0 Å². The minimum atomic E-state index is -0.0337. The number of aliphatic imine (C=N–C) groups is 1. The molecule has 1 heterocycles. The lowest BCUT2D eigenvalue weighted by molar-refractivity contribution is -0.123. The Kier molecular flexibility index (Phi) is 9.29. The van der Waals surface area contributed by atoms with E-state index in [1.54, 1.807) is 0 Å². The van der Waals surface area contributed by atoms with Gasteiger partial charge in [0, 0.05) is 32.2 Å².